The summed E-state index contributed by atoms with van der Waals surface area (Å²) >= 11 is 6.15. The summed E-state index contributed by atoms with van der Waals surface area (Å²) < 4.78 is 5.72. The highest BCUT2D eigenvalue weighted by Crippen LogP contribution is 2.34. The van der Waals surface area contributed by atoms with Crippen molar-refractivity contribution in [1.29, 1.82) is 0 Å². The number of aldehydes is 1. The Morgan fingerprint density at radius 2 is 1.88 bits per heavy atom. The van der Waals surface area contributed by atoms with Gasteiger partial charge in [-0.25, -0.2) is 0 Å². The predicted molar refractivity (Wildman–Crippen MR) is 88.5 cm³/mol. The Labute approximate surface area is 142 Å². The van der Waals surface area contributed by atoms with Crippen LogP contribution in [0.2, 0.25) is 5.02 Å². The largest absolute Gasteiger partial charge is 0.457 e. The van der Waals surface area contributed by atoms with Gasteiger partial charge in [-0.05, 0) is 18.2 Å². The molecule has 1 aliphatic rings. The molecule has 1 atom stereocenters. The van der Waals surface area contributed by atoms with Crippen molar-refractivity contribution >= 4 is 34.4 Å². The van der Waals surface area contributed by atoms with E-state index in [4.69, 9.17) is 16.3 Å². The molecule has 0 saturated heterocycles. The molecule has 2 aromatic rings. The van der Waals surface area contributed by atoms with Gasteiger partial charge in [0.2, 0.25) is 11.6 Å². The number of hydrogen-bond acceptors (Lipinski definition) is 5. The topological polar surface area (TPSA) is 83.8 Å². The molecule has 5 nitrogen and oxygen atoms in total. The molecule has 122 valence electrons. The zero-order chi connectivity index (χ0) is 17.3. The molecule has 0 spiro atoms. The molecule has 3 rings (SSSR count). The number of carbonyl (C=O) groups excluding carboxylic acids is 2. The average molecular weight is 345 g/mol. The lowest BCUT2D eigenvalue weighted by atomic mass is 9.90. The Hall–Kier alpha value is -2.47. The summed E-state index contributed by atoms with van der Waals surface area (Å²) in [7, 11) is 0. The molecule has 0 aliphatic heterocycles. The minimum Gasteiger partial charge on any atom is -0.457 e. The van der Waals surface area contributed by atoms with Crippen molar-refractivity contribution in [2.24, 2.45) is 5.92 Å². The number of rotatable bonds is 4. The monoisotopic (exact) mass is 344 g/mol. The highest BCUT2D eigenvalue weighted by molar-refractivity contribution is 6.35. The number of allylic oxidation sites excluding steroid dienone is 1. The van der Waals surface area contributed by atoms with Crippen LogP contribution in [-0.2, 0) is 9.59 Å². The van der Waals surface area contributed by atoms with Crippen molar-refractivity contribution in [1.82, 2.24) is 0 Å². The summed E-state index contributed by atoms with van der Waals surface area (Å²) in [6.45, 7) is 0. The van der Waals surface area contributed by atoms with Crippen molar-refractivity contribution < 1.29 is 24.5 Å². The van der Waals surface area contributed by atoms with Gasteiger partial charge < -0.3 is 14.9 Å². The Balaban J connectivity index is 1.95. The predicted octanol–water partition coefficient (Wildman–Crippen LogP) is 2.39. The van der Waals surface area contributed by atoms with E-state index in [0.29, 0.717) is 10.8 Å². The molecular weight excluding hydrogens is 332 g/mol. The number of fused-ring (bicyclic) bond motifs is 1. The molecule has 2 aromatic carbocycles. The van der Waals surface area contributed by atoms with Crippen molar-refractivity contribution in [3.8, 4) is 5.75 Å². The van der Waals surface area contributed by atoms with Gasteiger partial charge in [-0.3, -0.25) is 9.59 Å². The third-order valence-corrected chi connectivity index (χ3v) is 4.08. The second-order valence-corrected chi connectivity index (χ2v) is 5.79. The molecule has 0 heterocycles. The maximum Gasteiger partial charge on any atom is 0.207 e. The van der Waals surface area contributed by atoms with Gasteiger partial charge in [0.25, 0.3) is 0 Å². The smallest absolute Gasteiger partial charge is 0.207 e. The van der Waals surface area contributed by atoms with E-state index in [9.17, 15) is 19.8 Å². The first-order chi connectivity index (χ1) is 11.4. The zero-order valence-electron chi connectivity index (χ0n) is 12.3. The van der Waals surface area contributed by atoms with Crippen molar-refractivity contribution in [2.75, 3.05) is 0 Å². The first-order valence-corrected chi connectivity index (χ1v) is 7.50. The molecular formula is C18H13ClO5. The molecule has 0 radical (unpaired) electrons. The summed E-state index contributed by atoms with van der Waals surface area (Å²) in [5, 5.41) is 22.1. The van der Waals surface area contributed by atoms with Crippen LogP contribution in [0.4, 0.5) is 0 Å². The van der Waals surface area contributed by atoms with Crippen LogP contribution < -0.4 is 4.74 Å². The van der Waals surface area contributed by atoms with Gasteiger partial charge in [0, 0.05) is 21.9 Å². The fourth-order valence-electron chi connectivity index (χ4n) is 2.57. The van der Waals surface area contributed by atoms with Crippen LogP contribution in [0.1, 0.15) is 0 Å². The molecule has 0 saturated carbocycles. The normalized spacial score (nSPS) is 19.0. The Morgan fingerprint density at radius 1 is 1.17 bits per heavy atom. The standard InChI is InChI=1S/C18H13ClO5/c19-15-7-8-17(13-4-2-1-3-12(13)15)24-11-5-6-14(16(21)10-20)18(22,23)9-11/h1-10,14,22-23H. The van der Waals surface area contributed by atoms with E-state index < -0.39 is 17.5 Å². The van der Waals surface area contributed by atoms with Gasteiger partial charge in [0.05, 0.1) is 0 Å². The number of carbonyl (C=O) groups is 2. The molecule has 2 N–H and O–H groups in total. The van der Waals surface area contributed by atoms with Crippen LogP contribution in [0.5, 0.6) is 5.75 Å². The number of Topliss-reactive ketones (excluding diaryl/α,β-unsaturated/α-hetero) is 1. The van der Waals surface area contributed by atoms with Crippen molar-refractivity contribution in [3.63, 3.8) is 0 Å². The molecule has 24 heavy (non-hydrogen) atoms. The van der Waals surface area contributed by atoms with Crippen LogP contribution in [0.25, 0.3) is 10.8 Å². The lowest BCUT2D eigenvalue weighted by molar-refractivity contribution is -0.164. The summed E-state index contributed by atoms with van der Waals surface area (Å²) in [5.41, 5.74) is 0. The number of ether oxygens (including phenoxy) is 1. The van der Waals surface area contributed by atoms with Crippen molar-refractivity contribution in [2.45, 2.75) is 5.79 Å². The van der Waals surface area contributed by atoms with E-state index in [1.807, 2.05) is 24.3 Å². The molecule has 0 amide bonds. The number of halogens is 1. The third kappa shape index (κ3) is 2.97. The van der Waals surface area contributed by atoms with Crippen LogP contribution in [0, 0.1) is 5.92 Å². The summed E-state index contributed by atoms with van der Waals surface area (Å²) in [6.07, 6.45) is 3.69. The first kappa shape index (κ1) is 16.4. The number of benzene rings is 2. The van der Waals surface area contributed by atoms with Gasteiger partial charge in [0.15, 0.2) is 6.29 Å². The molecule has 6 heteroatoms. The lowest BCUT2D eigenvalue weighted by Crippen LogP contribution is -2.42. The highest BCUT2D eigenvalue weighted by Gasteiger charge is 2.38. The maximum atomic E-state index is 11.4. The summed E-state index contributed by atoms with van der Waals surface area (Å²) in [4.78, 5) is 22.0. The number of hydrogen-bond donors (Lipinski definition) is 2. The quantitative estimate of drug-likeness (QED) is 0.505. The van der Waals surface area contributed by atoms with Gasteiger partial charge in [0.1, 0.15) is 17.4 Å². The minimum absolute atomic E-state index is 0.0581. The van der Waals surface area contributed by atoms with Gasteiger partial charge in [-0.15, -0.1) is 0 Å². The first-order valence-electron chi connectivity index (χ1n) is 7.12. The van der Waals surface area contributed by atoms with Crippen LogP contribution in [-0.4, -0.2) is 28.1 Å². The fourth-order valence-corrected chi connectivity index (χ4v) is 2.80. The lowest BCUT2D eigenvalue weighted by Gasteiger charge is -2.27. The van der Waals surface area contributed by atoms with E-state index in [0.717, 1.165) is 16.8 Å². The molecule has 0 bridgehead atoms. The molecule has 0 aromatic heterocycles. The SMILES string of the molecule is O=CC(=O)C1C=CC(Oc2ccc(Cl)c3ccccc23)=CC1(O)O. The Bertz CT molecular complexity index is 882. The number of aliphatic hydroxyl groups is 2. The van der Waals surface area contributed by atoms with E-state index in [-0.39, 0.29) is 12.0 Å². The Kier molecular flexibility index (Phi) is 4.24. The molecule has 1 aliphatic carbocycles. The summed E-state index contributed by atoms with van der Waals surface area (Å²) in [6, 6.07) is 10.7. The van der Waals surface area contributed by atoms with Gasteiger partial charge >= 0.3 is 0 Å². The Morgan fingerprint density at radius 3 is 2.54 bits per heavy atom. The van der Waals surface area contributed by atoms with E-state index in [1.165, 1.54) is 12.2 Å². The van der Waals surface area contributed by atoms with Gasteiger partial charge in [-0.1, -0.05) is 41.9 Å². The van der Waals surface area contributed by atoms with Crippen LogP contribution >= 0.6 is 11.6 Å². The van der Waals surface area contributed by atoms with Gasteiger partial charge in [-0.2, -0.15) is 0 Å². The molecule has 0 fully saturated rings. The van der Waals surface area contributed by atoms with Crippen LogP contribution in [0.15, 0.2) is 60.4 Å². The second-order valence-electron chi connectivity index (χ2n) is 5.38. The third-order valence-electron chi connectivity index (χ3n) is 3.75. The highest BCUT2D eigenvalue weighted by atomic mass is 35.5. The average Bonchev–Trinajstić information content (AvgIpc) is 2.56. The van der Waals surface area contributed by atoms with E-state index in [1.54, 1.807) is 12.1 Å². The maximum absolute atomic E-state index is 11.4. The zero-order valence-corrected chi connectivity index (χ0v) is 13.1. The van der Waals surface area contributed by atoms with Crippen molar-refractivity contribution in [3.05, 3.63) is 65.4 Å². The summed E-state index contributed by atoms with van der Waals surface area (Å²) in [5.74, 6) is -4.17. The fraction of sp³-hybridized carbons (Fsp3) is 0.111. The van der Waals surface area contributed by atoms with E-state index >= 15 is 0 Å². The van der Waals surface area contributed by atoms with E-state index in [2.05, 4.69) is 0 Å². The second kappa shape index (κ2) is 6.20. The molecule has 1 unspecified atom stereocenters. The number of ketones is 1. The minimum atomic E-state index is -2.50. The van der Waals surface area contributed by atoms with Crippen LogP contribution in [0.3, 0.4) is 0 Å².